The van der Waals surface area contributed by atoms with Gasteiger partial charge < -0.3 is 48.6 Å². The molecule has 4 aliphatic rings. The number of Topliss-reactive ketones (excluding diaryl/α,β-unsaturated/α-hetero) is 3. The van der Waals surface area contributed by atoms with Crippen molar-refractivity contribution in [1.82, 2.24) is 4.90 Å². The first-order valence-corrected chi connectivity index (χ1v) is 25.0. The van der Waals surface area contributed by atoms with Crippen LogP contribution in [0.15, 0.2) is 47.6 Å². The monoisotopic (exact) mass is 958 g/mol. The van der Waals surface area contributed by atoms with Crippen LogP contribution in [0.2, 0.25) is 0 Å². The SMILES string of the molecule is CO[C@H]1C[C@@H]2CC[C@@H](C)[C@@](O)(O2)C(=O)C(=O)N2CCCC[C@H]2C(=O)O[C@H]([C@@H](C)C[C@@H]2CC[C@@H](OCCO)[C@H](OC)C2)CC(=O)[C@H](C)C=C(C)[C@@H](O)[C@@H](OC)C(=O)[C@H](C)C[C@H](C)C=CC=CC=C1C. The maximum absolute atomic E-state index is 14.5. The number of methoxy groups -OCH3 is 3. The second-order valence-corrected chi connectivity index (χ2v) is 20.2. The zero-order valence-electron chi connectivity index (χ0n) is 42.4. The van der Waals surface area contributed by atoms with Gasteiger partial charge in [-0.1, -0.05) is 71.1 Å². The number of fused-ring (bicyclic) bond motifs is 3. The third-order valence-electron chi connectivity index (χ3n) is 14.9. The number of ketones is 3. The number of aliphatic hydroxyl groups is 3. The molecule has 15 atom stereocenters. The van der Waals surface area contributed by atoms with Crippen LogP contribution in [0.3, 0.4) is 0 Å². The van der Waals surface area contributed by atoms with Crippen molar-refractivity contribution >= 4 is 29.2 Å². The molecule has 384 valence electrons. The van der Waals surface area contributed by atoms with Gasteiger partial charge in [-0.2, -0.15) is 0 Å². The number of aliphatic hydroxyl groups excluding tert-OH is 2. The predicted molar refractivity (Wildman–Crippen MR) is 256 cm³/mol. The highest BCUT2D eigenvalue weighted by atomic mass is 16.6. The Kier molecular flexibility index (Phi) is 22.9. The summed E-state index contributed by atoms with van der Waals surface area (Å²) in [6, 6.07) is -1.14. The Labute approximate surface area is 405 Å². The second kappa shape index (κ2) is 27.3. The average molecular weight is 958 g/mol. The Morgan fingerprint density at radius 1 is 0.853 bits per heavy atom. The van der Waals surface area contributed by atoms with E-state index in [4.69, 9.17) is 28.4 Å². The average Bonchev–Trinajstić information content (AvgIpc) is 3.32. The molecule has 15 heteroatoms. The van der Waals surface area contributed by atoms with Gasteiger partial charge >= 0.3 is 5.97 Å². The van der Waals surface area contributed by atoms with Crippen LogP contribution in [-0.4, -0.2) is 145 Å². The van der Waals surface area contributed by atoms with Gasteiger partial charge in [-0.15, -0.1) is 0 Å². The molecule has 15 nitrogen and oxygen atoms in total. The van der Waals surface area contributed by atoms with E-state index in [-0.39, 0.29) is 74.1 Å². The number of esters is 1. The Bertz CT molecular complexity index is 1810. The Hall–Kier alpha value is -3.41. The van der Waals surface area contributed by atoms with Crippen LogP contribution in [0.1, 0.15) is 126 Å². The Morgan fingerprint density at radius 3 is 2.26 bits per heavy atom. The molecule has 2 saturated heterocycles. The van der Waals surface area contributed by atoms with Crippen LogP contribution in [0.25, 0.3) is 0 Å². The number of allylic oxidation sites excluding steroid dienone is 6. The van der Waals surface area contributed by atoms with Crippen LogP contribution in [0.4, 0.5) is 0 Å². The fraction of sp³-hybridized carbons (Fsp3) is 0.755. The van der Waals surface area contributed by atoms with E-state index in [0.29, 0.717) is 63.4 Å². The molecule has 1 saturated carbocycles. The topological polar surface area (TPSA) is 205 Å². The normalized spacial score (nSPS) is 36.7. The van der Waals surface area contributed by atoms with Gasteiger partial charge in [0.25, 0.3) is 11.7 Å². The summed E-state index contributed by atoms with van der Waals surface area (Å²) in [5.74, 6) is -7.96. The molecule has 2 bridgehead atoms. The number of hydrogen-bond donors (Lipinski definition) is 3. The summed E-state index contributed by atoms with van der Waals surface area (Å²) >= 11 is 0. The van der Waals surface area contributed by atoms with Gasteiger partial charge in [-0.3, -0.25) is 19.2 Å². The lowest BCUT2D eigenvalue weighted by Gasteiger charge is -2.42. The quantitative estimate of drug-likeness (QED) is 0.134. The van der Waals surface area contributed by atoms with Gasteiger partial charge in [0.15, 0.2) is 5.78 Å². The Balaban J connectivity index is 1.70. The zero-order valence-corrected chi connectivity index (χ0v) is 42.4. The summed E-state index contributed by atoms with van der Waals surface area (Å²) in [7, 11) is 4.58. The summed E-state index contributed by atoms with van der Waals surface area (Å²) in [6.45, 7) is 12.9. The highest BCUT2D eigenvalue weighted by Crippen LogP contribution is 2.38. The number of piperidine rings is 1. The molecule has 68 heavy (non-hydrogen) atoms. The minimum Gasteiger partial charge on any atom is -0.460 e. The standard InChI is InChI=1S/C53H83NO14/c1-32-16-12-11-13-17-33(2)44(63-8)30-40-21-19-38(7)53(62,68-40)50(59)51(60)54-23-15-14-18-41(54)52(61)67-45(35(4)28-39-20-22-43(66-25-24-55)46(29-39)64-9)31-42(56)34(3)27-37(6)48(58)49(65-10)47(57)36(5)26-32/h11-13,16-17,27,32,34-36,38-41,43-46,48-49,55,58,62H,14-15,18-26,28-31H2,1-10H3/t32-,34-,35+,36-,38-,39+,40+,41+,43-,44+,45+,46-,48-,49+,53-/m1/s1. The highest BCUT2D eigenvalue weighted by Gasteiger charge is 2.53. The summed E-state index contributed by atoms with van der Waals surface area (Å²) < 4.78 is 35.6. The molecule has 0 aromatic heterocycles. The molecule has 1 aliphatic carbocycles. The third-order valence-corrected chi connectivity index (χ3v) is 14.9. The minimum absolute atomic E-state index is 0.0158. The van der Waals surface area contributed by atoms with Crippen LogP contribution in [0, 0.1) is 35.5 Å². The number of cyclic esters (lactones) is 1. The molecular weight excluding hydrogens is 875 g/mol. The molecule has 3 N–H and O–H groups in total. The highest BCUT2D eigenvalue weighted by molar-refractivity contribution is 6.39. The number of rotatable bonds is 9. The van der Waals surface area contributed by atoms with Crippen molar-refractivity contribution in [1.29, 1.82) is 0 Å². The molecule has 1 amide bonds. The summed E-state index contributed by atoms with van der Waals surface area (Å²) in [4.78, 5) is 72.1. The fourth-order valence-electron chi connectivity index (χ4n) is 10.5. The summed E-state index contributed by atoms with van der Waals surface area (Å²) in [5, 5.41) is 32.8. The number of amides is 1. The van der Waals surface area contributed by atoms with E-state index in [1.54, 1.807) is 41.1 Å². The van der Waals surface area contributed by atoms with Crippen molar-refractivity contribution < 1.29 is 67.7 Å². The van der Waals surface area contributed by atoms with E-state index in [0.717, 1.165) is 12.0 Å². The number of carbonyl (C=O) groups is 5. The fourth-order valence-corrected chi connectivity index (χ4v) is 10.5. The van der Waals surface area contributed by atoms with E-state index >= 15 is 0 Å². The molecule has 0 spiro atoms. The first kappa shape index (κ1) is 57.2. The molecule has 3 fully saturated rings. The number of ether oxygens (including phenoxy) is 6. The zero-order chi connectivity index (χ0) is 50.3. The Morgan fingerprint density at radius 2 is 1.59 bits per heavy atom. The van der Waals surface area contributed by atoms with E-state index in [1.807, 2.05) is 58.1 Å². The van der Waals surface area contributed by atoms with Crippen molar-refractivity contribution in [3.63, 3.8) is 0 Å². The first-order chi connectivity index (χ1) is 32.3. The minimum atomic E-state index is -2.43. The molecule has 0 unspecified atom stereocenters. The molecule has 0 aromatic carbocycles. The molecule has 3 aliphatic heterocycles. The maximum atomic E-state index is 14.5. The van der Waals surface area contributed by atoms with Crippen molar-refractivity contribution in [3.05, 3.63) is 47.6 Å². The molecule has 4 rings (SSSR count). The van der Waals surface area contributed by atoms with Crippen LogP contribution in [-0.2, 0) is 52.4 Å². The van der Waals surface area contributed by atoms with Crippen molar-refractivity contribution in [2.24, 2.45) is 35.5 Å². The van der Waals surface area contributed by atoms with E-state index in [1.165, 1.54) is 12.0 Å². The van der Waals surface area contributed by atoms with Crippen molar-refractivity contribution in [2.75, 3.05) is 41.1 Å². The van der Waals surface area contributed by atoms with Gasteiger partial charge in [0.2, 0.25) is 5.79 Å². The molecule has 3 heterocycles. The molecule has 0 radical (unpaired) electrons. The number of nitrogens with zero attached hydrogens (tertiary/aromatic N) is 1. The van der Waals surface area contributed by atoms with Gasteiger partial charge in [-0.25, -0.2) is 4.79 Å². The van der Waals surface area contributed by atoms with Crippen LogP contribution < -0.4 is 0 Å². The van der Waals surface area contributed by atoms with Crippen molar-refractivity contribution in [2.45, 2.75) is 180 Å². The molecule has 0 aromatic rings. The second-order valence-electron chi connectivity index (χ2n) is 20.2. The van der Waals surface area contributed by atoms with E-state index < -0.39 is 77.8 Å². The maximum Gasteiger partial charge on any atom is 0.329 e. The lowest BCUT2D eigenvalue weighted by molar-refractivity contribution is -0.265. The van der Waals surface area contributed by atoms with E-state index in [9.17, 15) is 39.3 Å². The third kappa shape index (κ3) is 15.3. The summed E-state index contributed by atoms with van der Waals surface area (Å²) in [6.07, 6.45) is 12.0. The summed E-state index contributed by atoms with van der Waals surface area (Å²) in [5.41, 5.74) is 1.26. The van der Waals surface area contributed by atoms with Crippen LogP contribution >= 0.6 is 0 Å². The molecular formula is C53H83NO14. The smallest absolute Gasteiger partial charge is 0.329 e. The van der Waals surface area contributed by atoms with Crippen LogP contribution in [0.5, 0.6) is 0 Å². The lowest BCUT2D eigenvalue weighted by atomic mass is 9.78. The van der Waals surface area contributed by atoms with Gasteiger partial charge in [0.1, 0.15) is 30.1 Å². The largest absolute Gasteiger partial charge is 0.460 e. The van der Waals surface area contributed by atoms with Gasteiger partial charge in [0, 0.05) is 58.5 Å². The van der Waals surface area contributed by atoms with Gasteiger partial charge in [-0.05, 0) is 107 Å². The number of hydrogen-bond acceptors (Lipinski definition) is 14. The first-order valence-electron chi connectivity index (χ1n) is 25.0. The van der Waals surface area contributed by atoms with E-state index in [2.05, 4.69) is 0 Å². The lowest BCUT2D eigenvalue weighted by Crippen LogP contribution is -2.61. The number of carbonyl (C=O) groups excluding carboxylic acids is 5. The van der Waals surface area contributed by atoms with Gasteiger partial charge in [0.05, 0.1) is 37.6 Å². The predicted octanol–water partition coefficient (Wildman–Crippen LogP) is 6.20. The van der Waals surface area contributed by atoms with Crippen molar-refractivity contribution in [3.8, 4) is 0 Å².